The van der Waals surface area contributed by atoms with Gasteiger partial charge < -0.3 is 0 Å². The summed E-state index contributed by atoms with van der Waals surface area (Å²) < 4.78 is 76.6. The Morgan fingerprint density at radius 1 is 0.667 bits per heavy atom. The molecule has 2 aromatic rings. The predicted octanol–water partition coefficient (Wildman–Crippen LogP) is 1.72. The number of benzene rings is 2. The molecule has 1 saturated heterocycles. The van der Waals surface area contributed by atoms with E-state index < -0.39 is 51.5 Å². The van der Waals surface area contributed by atoms with Crippen LogP contribution in [0.3, 0.4) is 0 Å². The molecule has 0 radical (unpaired) electrons. The van der Waals surface area contributed by atoms with Crippen molar-refractivity contribution in [3.05, 3.63) is 59.7 Å². The van der Waals surface area contributed by atoms with Crippen LogP contribution in [0.5, 0.6) is 0 Å². The van der Waals surface area contributed by atoms with Crippen molar-refractivity contribution in [2.24, 2.45) is 0 Å². The van der Waals surface area contributed by atoms with E-state index in [9.17, 15) is 25.3 Å². The molecule has 1 heterocycles. The van der Waals surface area contributed by atoms with Crippen molar-refractivity contribution in [2.75, 3.05) is 11.5 Å². The normalized spacial score (nSPS) is 22.6. The van der Waals surface area contributed by atoms with E-state index in [-0.39, 0.29) is 9.79 Å². The Balaban J connectivity index is 2.10. The fourth-order valence-electron chi connectivity index (χ4n) is 3.17. The summed E-state index contributed by atoms with van der Waals surface area (Å²) in [6, 6.07) is 11.9. The molecule has 6 nitrogen and oxygen atoms in total. The quantitative estimate of drug-likeness (QED) is 0.735. The first-order chi connectivity index (χ1) is 12.4. The average Bonchev–Trinajstić information content (AvgIpc) is 2.93. The van der Waals surface area contributed by atoms with Crippen LogP contribution in [-0.2, 0) is 29.5 Å². The fourth-order valence-corrected chi connectivity index (χ4v) is 11.3. The number of sulfone groups is 3. The minimum atomic E-state index is -4.13. The van der Waals surface area contributed by atoms with Gasteiger partial charge in [0.1, 0.15) is 0 Å². The van der Waals surface area contributed by atoms with Crippen LogP contribution in [0.15, 0.2) is 58.3 Å². The number of aryl methyl sites for hydroxylation is 2. The van der Waals surface area contributed by atoms with Gasteiger partial charge >= 0.3 is 0 Å². The summed E-state index contributed by atoms with van der Waals surface area (Å²) in [5.41, 5.74) is 1.69. The SMILES string of the molecule is Cc1ccc(S(=O)(=O)C2CS(=O)(=O)CC2S(=O)(=O)c2ccc(C)cc2)cc1. The van der Waals surface area contributed by atoms with Crippen LogP contribution in [0.2, 0.25) is 0 Å². The molecule has 27 heavy (non-hydrogen) atoms. The van der Waals surface area contributed by atoms with E-state index in [0.717, 1.165) is 11.1 Å². The van der Waals surface area contributed by atoms with Crippen molar-refractivity contribution >= 4 is 29.5 Å². The van der Waals surface area contributed by atoms with Crippen molar-refractivity contribution in [1.82, 2.24) is 0 Å². The highest BCUT2D eigenvalue weighted by atomic mass is 32.2. The maximum atomic E-state index is 13.0. The minimum absolute atomic E-state index is 0.0701. The van der Waals surface area contributed by atoms with Crippen molar-refractivity contribution in [1.29, 1.82) is 0 Å². The Kier molecular flexibility index (Phi) is 4.98. The Bertz CT molecular complexity index is 1070. The van der Waals surface area contributed by atoms with Crippen LogP contribution < -0.4 is 0 Å². The molecule has 1 fully saturated rings. The van der Waals surface area contributed by atoms with Gasteiger partial charge in [-0.05, 0) is 38.1 Å². The second-order valence-electron chi connectivity index (χ2n) is 6.87. The van der Waals surface area contributed by atoms with Gasteiger partial charge in [-0.15, -0.1) is 0 Å². The average molecular weight is 429 g/mol. The zero-order valence-electron chi connectivity index (χ0n) is 14.9. The lowest BCUT2D eigenvalue weighted by atomic mass is 10.2. The summed E-state index contributed by atoms with van der Waals surface area (Å²) in [4.78, 5) is -0.140. The zero-order chi connectivity index (χ0) is 20.0. The second kappa shape index (κ2) is 6.72. The van der Waals surface area contributed by atoms with E-state index in [2.05, 4.69) is 0 Å². The molecule has 0 amide bonds. The first-order valence-corrected chi connectivity index (χ1v) is 13.2. The molecule has 2 atom stereocenters. The van der Waals surface area contributed by atoms with Gasteiger partial charge in [-0.3, -0.25) is 0 Å². The van der Waals surface area contributed by atoms with Gasteiger partial charge in [0.2, 0.25) is 0 Å². The van der Waals surface area contributed by atoms with E-state index in [1.54, 1.807) is 38.1 Å². The number of hydrogen-bond donors (Lipinski definition) is 0. The van der Waals surface area contributed by atoms with Gasteiger partial charge in [0.05, 0.1) is 31.8 Å². The second-order valence-corrected chi connectivity index (χ2v) is 13.4. The van der Waals surface area contributed by atoms with Crippen LogP contribution in [-0.4, -0.2) is 47.3 Å². The maximum Gasteiger partial charge on any atom is 0.183 e. The molecule has 3 rings (SSSR count). The summed E-state index contributed by atoms with van der Waals surface area (Å²) in [6.45, 7) is 3.59. The van der Waals surface area contributed by atoms with E-state index in [1.165, 1.54) is 24.3 Å². The van der Waals surface area contributed by atoms with E-state index >= 15 is 0 Å². The Morgan fingerprint density at radius 2 is 0.963 bits per heavy atom. The van der Waals surface area contributed by atoms with Crippen LogP contribution in [0.1, 0.15) is 11.1 Å². The van der Waals surface area contributed by atoms with E-state index in [1.807, 2.05) is 0 Å². The smallest absolute Gasteiger partial charge is 0.183 e. The van der Waals surface area contributed by atoms with Crippen LogP contribution in [0.25, 0.3) is 0 Å². The molecule has 2 aromatic carbocycles. The standard InChI is InChI=1S/C18H20O6S3/c1-13-3-7-15(8-4-13)26(21,22)17-11-25(19,20)12-18(17)27(23,24)16-9-5-14(2)6-10-16/h3-10,17-18H,11-12H2,1-2H3. The molecule has 1 aliphatic rings. The summed E-state index contributed by atoms with van der Waals surface area (Å²) in [5.74, 6) is -1.39. The summed E-state index contributed by atoms with van der Waals surface area (Å²) in [5, 5.41) is -3.06. The topological polar surface area (TPSA) is 102 Å². The summed E-state index contributed by atoms with van der Waals surface area (Å²) >= 11 is 0. The molecule has 146 valence electrons. The van der Waals surface area contributed by atoms with Crippen LogP contribution >= 0.6 is 0 Å². The number of rotatable bonds is 4. The minimum Gasteiger partial charge on any atom is -0.229 e. The van der Waals surface area contributed by atoms with Gasteiger partial charge in [0, 0.05) is 0 Å². The number of hydrogen-bond acceptors (Lipinski definition) is 6. The van der Waals surface area contributed by atoms with Crippen LogP contribution in [0.4, 0.5) is 0 Å². The molecule has 2 unspecified atom stereocenters. The van der Waals surface area contributed by atoms with Gasteiger partial charge in [-0.25, -0.2) is 25.3 Å². The molecule has 0 saturated carbocycles. The molecule has 0 bridgehead atoms. The lowest BCUT2D eigenvalue weighted by molar-refractivity contribution is 0.567. The lowest BCUT2D eigenvalue weighted by Crippen LogP contribution is -2.38. The third kappa shape index (κ3) is 3.81. The van der Waals surface area contributed by atoms with Crippen molar-refractivity contribution in [2.45, 2.75) is 34.1 Å². The molecule has 9 heteroatoms. The first kappa shape index (κ1) is 20.0. The van der Waals surface area contributed by atoms with Crippen molar-refractivity contribution in [3.8, 4) is 0 Å². The van der Waals surface area contributed by atoms with Gasteiger partial charge in [-0.2, -0.15) is 0 Å². The van der Waals surface area contributed by atoms with Crippen LogP contribution in [0, 0.1) is 13.8 Å². The Hall–Kier alpha value is -1.71. The highest BCUT2D eigenvalue weighted by Gasteiger charge is 2.52. The Morgan fingerprint density at radius 3 is 1.26 bits per heavy atom. The predicted molar refractivity (Wildman–Crippen MR) is 103 cm³/mol. The van der Waals surface area contributed by atoms with Gasteiger partial charge in [-0.1, -0.05) is 35.4 Å². The third-order valence-electron chi connectivity index (χ3n) is 4.75. The van der Waals surface area contributed by atoms with Gasteiger partial charge in [0.15, 0.2) is 29.5 Å². The summed E-state index contributed by atoms with van der Waals surface area (Å²) in [6.07, 6.45) is 0. The lowest BCUT2D eigenvalue weighted by Gasteiger charge is -2.19. The monoisotopic (exact) mass is 428 g/mol. The molecule has 0 aliphatic carbocycles. The van der Waals surface area contributed by atoms with E-state index in [4.69, 9.17) is 0 Å². The molecular weight excluding hydrogens is 408 g/mol. The molecule has 0 aromatic heterocycles. The largest absolute Gasteiger partial charge is 0.229 e. The Labute approximate surface area is 160 Å². The fraction of sp³-hybridized carbons (Fsp3) is 0.333. The molecule has 0 N–H and O–H groups in total. The first-order valence-electron chi connectivity index (χ1n) is 8.25. The van der Waals surface area contributed by atoms with E-state index in [0.29, 0.717) is 0 Å². The summed E-state index contributed by atoms with van der Waals surface area (Å²) in [7, 11) is -12.1. The highest BCUT2D eigenvalue weighted by Crippen LogP contribution is 2.33. The van der Waals surface area contributed by atoms with Crippen molar-refractivity contribution in [3.63, 3.8) is 0 Å². The zero-order valence-corrected chi connectivity index (χ0v) is 17.3. The molecule has 0 spiro atoms. The molecular formula is C18H20O6S3. The van der Waals surface area contributed by atoms with Crippen molar-refractivity contribution < 1.29 is 25.3 Å². The highest BCUT2D eigenvalue weighted by molar-refractivity contribution is 8.00. The van der Waals surface area contributed by atoms with Gasteiger partial charge in [0.25, 0.3) is 0 Å². The maximum absolute atomic E-state index is 13.0. The third-order valence-corrected chi connectivity index (χ3v) is 11.5. The molecule has 1 aliphatic heterocycles.